The van der Waals surface area contributed by atoms with Gasteiger partial charge in [-0.3, -0.25) is 4.79 Å². The standard InChI is InChI=1S/C15H11Br2FO/c1-8-5-9(2)14(13(18)6-8)15(19)11-7-10(16)3-4-12(11)17/h3-7H,1-2H3. The molecular formula is C15H11Br2FO. The van der Waals surface area contributed by atoms with Gasteiger partial charge in [-0.15, -0.1) is 0 Å². The minimum atomic E-state index is -0.477. The molecule has 0 saturated carbocycles. The molecule has 2 aromatic rings. The van der Waals surface area contributed by atoms with E-state index in [9.17, 15) is 9.18 Å². The molecule has 0 fully saturated rings. The molecule has 1 nitrogen and oxygen atoms in total. The minimum absolute atomic E-state index is 0.129. The van der Waals surface area contributed by atoms with Crippen molar-refractivity contribution >= 4 is 37.6 Å². The first-order valence-corrected chi connectivity index (χ1v) is 7.25. The molecular weight excluding hydrogens is 375 g/mol. The fourth-order valence-electron chi connectivity index (χ4n) is 2.01. The Morgan fingerprint density at radius 2 is 1.79 bits per heavy atom. The normalized spacial score (nSPS) is 10.6. The van der Waals surface area contributed by atoms with Gasteiger partial charge in [0, 0.05) is 14.5 Å². The summed E-state index contributed by atoms with van der Waals surface area (Å²) in [6, 6.07) is 8.46. The van der Waals surface area contributed by atoms with Crippen LogP contribution in [0, 0.1) is 19.7 Å². The molecule has 0 radical (unpaired) electrons. The molecule has 0 aliphatic carbocycles. The fourth-order valence-corrected chi connectivity index (χ4v) is 2.80. The predicted molar refractivity (Wildman–Crippen MR) is 81.1 cm³/mol. The summed E-state index contributed by atoms with van der Waals surface area (Å²) in [6.07, 6.45) is 0. The van der Waals surface area contributed by atoms with E-state index in [1.54, 1.807) is 26.0 Å². The Labute approximate surface area is 128 Å². The molecule has 0 aromatic heterocycles. The van der Waals surface area contributed by atoms with Crippen LogP contribution in [0.15, 0.2) is 39.3 Å². The number of hydrogen-bond donors (Lipinski definition) is 0. The summed E-state index contributed by atoms with van der Waals surface area (Å²) in [5.41, 5.74) is 2.03. The van der Waals surface area contributed by atoms with Crippen molar-refractivity contribution in [2.75, 3.05) is 0 Å². The third-order valence-corrected chi connectivity index (χ3v) is 4.02. The second kappa shape index (κ2) is 5.55. The van der Waals surface area contributed by atoms with E-state index in [1.807, 2.05) is 12.1 Å². The average molecular weight is 386 g/mol. The van der Waals surface area contributed by atoms with Crippen LogP contribution >= 0.6 is 31.9 Å². The van der Waals surface area contributed by atoms with Gasteiger partial charge >= 0.3 is 0 Å². The summed E-state index contributed by atoms with van der Waals surface area (Å²) < 4.78 is 15.5. The third kappa shape index (κ3) is 2.95. The smallest absolute Gasteiger partial charge is 0.197 e. The molecule has 0 amide bonds. The van der Waals surface area contributed by atoms with Crippen LogP contribution in [0.5, 0.6) is 0 Å². The Balaban J connectivity index is 2.59. The Bertz CT molecular complexity index is 642. The number of halogens is 3. The first-order valence-electron chi connectivity index (χ1n) is 5.66. The van der Waals surface area contributed by atoms with Crippen LogP contribution in [-0.4, -0.2) is 5.78 Å². The van der Waals surface area contributed by atoms with E-state index in [0.717, 1.165) is 10.0 Å². The molecule has 0 aliphatic heterocycles. The highest BCUT2D eigenvalue weighted by Gasteiger charge is 2.19. The molecule has 0 N–H and O–H groups in total. The lowest BCUT2D eigenvalue weighted by Gasteiger charge is -2.09. The number of rotatable bonds is 2. The van der Waals surface area contributed by atoms with Crippen molar-refractivity contribution in [1.29, 1.82) is 0 Å². The fraction of sp³-hybridized carbons (Fsp3) is 0.133. The molecule has 19 heavy (non-hydrogen) atoms. The van der Waals surface area contributed by atoms with E-state index in [0.29, 0.717) is 15.6 Å². The van der Waals surface area contributed by atoms with E-state index in [-0.39, 0.29) is 11.3 Å². The summed E-state index contributed by atoms with van der Waals surface area (Å²) in [5.74, 6) is -0.794. The summed E-state index contributed by atoms with van der Waals surface area (Å²) in [7, 11) is 0. The predicted octanol–water partition coefficient (Wildman–Crippen LogP) is 5.20. The van der Waals surface area contributed by atoms with Crippen LogP contribution in [0.2, 0.25) is 0 Å². The lowest BCUT2D eigenvalue weighted by atomic mass is 9.97. The van der Waals surface area contributed by atoms with Crippen molar-refractivity contribution in [3.05, 3.63) is 67.3 Å². The maximum atomic E-state index is 14.0. The molecule has 0 heterocycles. The topological polar surface area (TPSA) is 17.1 Å². The summed E-state index contributed by atoms with van der Waals surface area (Å²) in [4.78, 5) is 12.5. The van der Waals surface area contributed by atoms with E-state index in [4.69, 9.17) is 0 Å². The monoisotopic (exact) mass is 384 g/mol. The summed E-state index contributed by atoms with van der Waals surface area (Å²) >= 11 is 6.65. The lowest BCUT2D eigenvalue weighted by molar-refractivity contribution is 0.103. The molecule has 0 unspecified atom stereocenters. The van der Waals surface area contributed by atoms with Crippen LogP contribution in [0.4, 0.5) is 4.39 Å². The van der Waals surface area contributed by atoms with E-state index < -0.39 is 5.82 Å². The Morgan fingerprint density at radius 3 is 2.42 bits per heavy atom. The maximum absolute atomic E-state index is 14.0. The largest absolute Gasteiger partial charge is 0.288 e. The van der Waals surface area contributed by atoms with Crippen molar-refractivity contribution < 1.29 is 9.18 Å². The van der Waals surface area contributed by atoms with Gasteiger partial charge in [-0.25, -0.2) is 4.39 Å². The zero-order valence-electron chi connectivity index (χ0n) is 10.4. The van der Waals surface area contributed by atoms with Gasteiger partial charge in [-0.1, -0.05) is 37.9 Å². The second-order valence-corrected chi connectivity index (χ2v) is 6.16. The van der Waals surface area contributed by atoms with Crippen LogP contribution in [0.3, 0.4) is 0 Å². The SMILES string of the molecule is Cc1cc(C)c(C(=O)c2cc(Br)ccc2Br)c(F)c1. The van der Waals surface area contributed by atoms with Gasteiger partial charge in [0.1, 0.15) is 5.82 Å². The average Bonchev–Trinajstić information content (AvgIpc) is 2.30. The molecule has 0 aliphatic rings. The molecule has 98 valence electrons. The second-order valence-electron chi connectivity index (χ2n) is 4.39. The minimum Gasteiger partial charge on any atom is -0.288 e. The molecule has 2 aromatic carbocycles. The summed E-state index contributed by atoms with van der Waals surface area (Å²) in [5, 5.41) is 0. The van der Waals surface area contributed by atoms with Gasteiger partial charge < -0.3 is 0 Å². The van der Waals surface area contributed by atoms with E-state index in [2.05, 4.69) is 31.9 Å². The lowest BCUT2D eigenvalue weighted by Crippen LogP contribution is -2.08. The Morgan fingerprint density at radius 1 is 1.11 bits per heavy atom. The zero-order valence-corrected chi connectivity index (χ0v) is 13.6. The Kier molecular flexibility index (Phi) is 4.21. The van der Waals surface area contributed by atoms with E-state index in [1.165, 1.54) is 6.07 Å². The first kappa shape index (κ1) is 14.4. The van der Waals surface area contributed by atoms with Crippen molar-refractivity contribution in [3.63, 3.8) is 0 Å². The molecule has 0 atom stereocenters. The molecule has 0 saturated heterocycles. The Hall–Kier alpha value is -1.00. The third-order valence-electron chi connectivity index (χ3n) is 2.83. The number of hydrogen-bond acceptors (Lipinski definition) is 1. The maximum Gasteiger partial charge on any atom is 0.197 e. The van der Waals surface area contributed by atoms with Crippen molar-refractivity contribution in [3.8, 4) is 0 Å². The number of aryl methyl sites for hydroxylation is 2. The van der Waals surface area contributed by atoms with Crippen LogP contribution < -0.4 is 0 Å². The van der Waals surface area contributed by atoms with Gasteiger partial charge in [0.25, 0.3) is 0 Å². The summed E-state index contributed by atoms with van der Waals surface area (Å²) in [6.45, 7) is 3.55. The highest BCUT2D eigenvalue weighted by Crippen LogP contribution is 2.26. The van der Waals surface area contributed by atoms with Crippen LogP contribution in [0.1, 0.15) is 27.0 Å². The number of benzene rings is 2. The molecule has 0 spiro atoms. The quantitative estimate of drug-likeness (QED) is 0.649. The zero-order chi connectivity index (χ0) is 14.2. The van der Waals surface area contributed by atoms with Gasteiger partial charge in [-0.2, -0.15) is 0 Å². The van der Waals surface area contributed by atoms with Crippen molar-refractivity contribution in [2.45, 2.75) is 13.8 Å². The molecule has 4 heteroatoms. The van der Waals surface area contributed by atoms with Crippen molar-refractivity contribution in [1.82, 2.24) is 0 Å². The van der Waals surface area contributed by atoms with Crippen LogP contribution in [-0.2, 0) is 0 Å². The first-order chi connectivity index (χ1) is 8.90. The molecule has 0 bridgehead atoms. The number of carbonyl (C=O) groups excluding carboxylic acids is 1. The van der Waals surface area contributed by atoms with Gasteiger partial charge in [0.15, 0.2) is 5.78 Å². The molecule has 2 rings (SSSR count). The van der Waals surface area contributed by atoms with Crippen molar-refractivity contribution in [2.24, 2.45) is 0 Å². The van der Waals surface area contributed by atoms with Gasteiger partial charge in [0.2, 0.25) is 0 Å². The number of ketones is 1. The van der Waals surface area contributed by atoms with Gasteiger partial charge in [-0.05, 0) is 49.2 Å². The van der Waals surface area contributed by atoms with E-state index >= 15 is 0 Å². The highest BCUT2D eigenvalue weighted by molar-refractivity contribution is 9.11. The number of carbonyl (C=O) groups is 1. The van der Waals surface area contributed by atoms with Crippen LogP contribution in [0.25, 0.3) is 0 Å². The highest BCUT2D eigenvalue weighted by atomic mass is 79.9. The van der Waals surface area contributed by atoms with Gasteiger partial charge in [0.05, 0.1) is 5.56 Å².